The Morgan fingerprint density at radius 1 is 0.440 bits per heavy atom. The second-order valence-corrected chi connectivity index (χ2v) is 7.77. The molecule has 0 aromatic heterocycles. The van der Waals surface area contributed by atoms with E-state index < -0.39 is 0 Å². The first-order chi connectivity index (χ1) is 11.1. The first-order valence-electron chi connectivity index (χ1n) is 10.8. The molecular weight excluding hydrogens is 312 g/mol. The maximum absolute atomic E-state index is 2.44. The van der Waals surface area contributed by atoms with Crippen molar-refractivity contribution in [2.75, 3.05) is 45.9 Å². The first-order valence-corrected chi connectivity index (χ1v) is 10.8. The fourth-order valence-corrected chi connectivity index (χ4v) is 3.95. The summed E-state index contributed by atoms with van der Waals surface area (Å²) in [5, 5.41) is 0. The van der Waals surface area contributed by atoms with E-state index in [1.807, 2.05) is 0 Å². The Morgan fingerprint density at radius 2 is 0.680 bits per heavy atom. The van der Waals surface area contributed by atoms with Crippen molar-refractivity contribution in [3.05, 3.63) is 0 Å². The maximum Gasteiger partial charge on any atom is 0.207 e. The van der Waals surface area contributed by atoms with Crippen LogP contribution in [0.3, 0.4) is 0 Å². The molecule has 0 fully saturated rings. The lowest BCUT2D eigenvalue weighted by Crippen LogP contribution is -2.64. The van der Waals surface area contributed by atoms with Crippen LogP contribution in [0, 0.1) is 0 Å². The summed E-state index contributed by atoms with van der Waals surface area (Å²) in [6, 6.07) is 0. The Balaban J connectivity index is -0.00000242. The van der Waals surface area contributed by atoms with Crippen molar-refractivity contribution in [1.29, 1.82) is 0 Å². The standard InChI is InChI=1S/C21H48N2.2H2O/c1-7-13-17-22(11-5,18-14-8-2)21-23(12-6,19-15-9-3)20-16-10-4;;/h7-21H2,1-6H3;2*1H2/q+2;;/p-2. The monoisotopic (exact) mass is 362 g/mol. The molecule has 0 amide bonds. The molecule has 25 heavy (non-hydrogen) atoms. The van der Waals surface area contributed by atoms with Gasteiger partial charge in [0.05, 0.1) is 39.3 Å². The van der Waals surface area contributed by atoms with Crippen LogP contribution in [0.4, 0.5) is 0 Å². The first kappa shape index (κ1) is 29.6. The third kappa shape index (κ3) is 11.2. The average molecular weight is 363 g/mol. The number of nitrogens with zero attached hydrogens (tertiary/aromatic N) is 2. The van der Waals surface area contributed by atoms with Crippen molar-refractivity contribution in [1.82, 2.24) is 0 Å². The van der Waals surface area contributed by atoms with Gasteiger partial charge in [-0.3, -0.25) is 8.97 Å². The van der Waals surface area contributed by atoms with Gasteiger partial charge in [0.15, 0.2) is 0 Å². The highest BCUT2D eigenvalue weighted by Crippen LogP contribution is 2.21. The largest absolute Gasteiger partial charge is 0.870 e. The molecule has 0 saturated carbocycles. The molecule has 4 nitrogen and oxygen atoms in total. The fraction of sp³-hybridized carbons (Fsp3) is 1.00. The highest BCUT2D eigenvalue weighted by atomic mass is 16.0. The van der Waals surface area contributed by atoms with E-state index in [1.165, 1.54) is 106 Å². The third-order valence-electron chi connectivity index (χ3n) is 5.89. The van der Waals surface area contributed by atoms with Gasteiger partial charge in [-0.25, -0.2) is 0 Å². The van der Waals surface area contributed by atoms with Crippen LogP contribution < -0.4 is 0 Å². The van der Waals surface area contributed by atoms with Gasteiger partial charge in [0.1, 0.15) is 0 Å². The van der Waals surface area contributed by atoms with Gasteiger partial charge in [-0.15, -0.1) is 0 Å². The van der Waals surface area contributed by atoms with Crippen molar-refractivity contribution in [3.8, 4) is 0 Å². The van der Waals surface area contributed by atoms with Crippen LogP contribution in [0.15, 0.2) is 0 Å². The summed E-state index contributed by atoms with van der Waals surface area (Å²) >= 11 is 0. The van der Waals surface area contributed by atoms with Crippen LogP contribution in [0.5, 0.6) is 0 Å². The normalized spacial score (nSPS) is 11.8. The minimum absolute atomic E-state index is 0. The second-order valence-electron chi connectivity index (χ2n) is 7.77. The van der Waals surface area contributed by atoms with Gasteiger partial charge < -0.3 is 11.0 Å². The summed E-state index contributed by atoms with van der Waals surface area (Å²) in [6.07, 6.45) is 10.9. The van der Waals surface area contributed by atoms with Gasteiger partial charge >= 0.3 is 0 Å². The summed E-state index contributed by atoms with van der Waals surface area (Å²) in [5.41, 5.74) is 0. The van der Waals surface area contributed by atoms with Gasteiger partial charge in [-0.2, -0.15) is 0 Å². The molecular formula is C21H50N2O2. The number of quaternary nitrogens is 2. The fourth-order valence-electron chi connectivity index (χ4n) is 3.95. The number of rotatable bonds is 16. The zero-order valence-corrected chi connectivity index (χ0v) is 18.4. The van der Waals surface area contributed by atoms with Crippen molar-refractivity contribution in [3.63, 3.8) is 0 Å². The van der Waals surface area contributed by atoms with E-state index in [0.717, 1.165) is 0 Å². The Hall–Kier alpha value is -0.160. The van der Waals surface area contributed by atoms with Crippen LogP contribution in [-0.2, 0) is 0 Å². The van der Waals surface area contributed by atoms with E-state index in [1.54, 1.807) is 0 Å². The molecule has 0 bridgehead atoms. The minimum Gasteiger partial charge on any atom is -0.870 e. The SMILES string of the molecule is CCCC[N+](CC)(CCCC)C[N+](CC)(CCCC)CCCC.[OH-].[OH-]. The van der Waals surface area contributed by atoms with Crippen molar-refractivity contribution >= 4 is 0 Å². The predicted octanol–water partition coefficient (Wildman–Crippen LogP) is 5.46. The second kappa shape index (κ2) is 17.3. The van der Waals surface area contributed by atoms with Crippen molar-refractivity contribution in [2.45, 2.75) is 92.9 Å². The highest BCUT2D eigenvalue weighted by Gasteiger charge is 2.36. The zero-order valence-electron chi connectivity index (χ0n) is 18.4. The van der Waals surface area contributed by atoms with Gasteiger partial charge in [0.2, 0.25) is 6.67 Å². The lowest BCUT2D eigenvalue weighted by molar-refractivity contribution is -1.10. The van der Waals surface area contributed by atoms with E-state index in [0.29, 0.717) is 0 Å². The molecule has 0 saturated heterocycles. The highest BCUT2D eigenvalue weighted by molar-refractivity contribution is 4.48. The van der Waals surface area contributed by atoms with Crippen LogP contribution in [-0.4, -0.2) is 65.9 Å². The Labute approximate surface area is 159 Å². The molecule has 0 heterocycles. The number of hydrogen-bond acceptors (Lipinski definition) is 2. The smallest absolute Gasteiger partial charge is 0.207 e. The summed E-state index contributed by atoms with van der Waals surface area (Å²) in [5.74, 6) is 0. The molecule has 0 rings (SSSR count). The van der Waals surface area contributed by atoms with E-state index in [-0.39, 0.29) is 11.0 Å². The summed E-state index contributed by atoms with van der Waals surface area (Å²) < 4.78 is 2.73. The third-order valence-corrected chi connectivity index (χ3v) is 5.89. The van der Waals surface area contributed by atoms with Crippen molar-refractivity contribution in [2.24, 2.45) is 0 Å². The zero-order chi connectivity index (χ0) is 17.6. The molecule has 0 aromatic carbocycles. The number of unbranched alkanes of at least 4 members (excludes halogenated alkanes) is 4. The van der Waals surface area contributed by atoms with Gasteiger partial charge in [-0.05, 0) is 39.5 Å². The molecule has 156 valence electrons. The Kier molecular flexibility index (Phi) is 20.4. The summed E-state index contributed by atoms with van der Waals surface area (Å²) in [7, 11) is 0. The Bertz CT molecular complexity index is 231. The Morgan fingerprint density at radius 3 is 0.840 bits per heavy atom. The minimum atomic E-state index is 0. The van der Waals surface area contributed by atoms with Crippen LogP contribution >= 0.6 is 0 Å². The molecule has 0 atom stereocenters. The van der Waals surface area contributed by atoms with Crippen LogP contribution in [0.2, 0.25) is 0 Å². The predicted molar refractivity (Wildman–Crippen MR) is 109 cm³/mol. The topological polar surface area (TPSA) is 60.0 Å². The molecule has 0 aliphatic rings. The quantitative estimate of drug-likeness (QED) is 0.270. The molecule has 0 radical (unpaired) electrons. The van der Waals surface area contributed by atoms with E-state index in [4.69, 9.17) is 0 Å². The van der Waals surface area contributed by atoms with E-state index in [2.05, 4.69) is 41.5 Å². The van der Waals surface area contributed by atoms with Gasteiger partial charge in [0, 0.05) is 0 Å². The summed E-state index contributed by atoms with van der Waals surface area (Å²) in [4.78, 5) is 0. The molecule has 0 aliphatic heterocycles. The molecule has 2 N–H and O–H groups in total. The molecule has 0 aromatic rings. The van der Waals surface area contributed by atoms with E-state index >= 15 is 0 Å². The van der Waals surface area contributed by atoms with Gasteiger partial charge in [0.25, 0.3) is 0 Å². The maximum atomic E-state index is 2.44. The van der Waals surface area contributed by atoms with Crippen LogP contribution in [0.25, 0.3) is 0 Å². The van der Waals surface area contributed by atoms with E-state index in [9.17, 15) is 0 Å². The molecule has 0 unspecified atom stereocenters. The van der Waals surface area contributed by atoms with Crippen molar-refractivity contribution < 1.29 is 19.9 Å². The summed E-state index contributed by atoms with van der Waals surface area (Å²) in [6.45, 7) is 23.9. The molecule has 4 heteroatoms. The molecule has 0 aliphatic carbocycles. The van der Waals surface area contributed by atoms with Gasteiger partial charge in [-0.1, -0.05) is 53.4 Å². The average Bonchev–Trinajstić information content (AvgIpc) is 2.60. The number of hydrogen-bond donors (Lipinski definition) is 0. The lowest BCUT2D eigenvalue weighted by atomic mass is 10.1. The van der Waals surface area contributed by atoms with Crippen LogP contribution in [0.1, 0.15) is 92.9 Å². The molecule has 0 spiro atoms. The lowest BCUT2D eigenvalue weighted by Gasteiger charge is -2.47.